The van der Waals surface area contributed by atoms with Crippen LogP contribution in [0.1, 0.15) is 25.1 Å². The number of aryl methyl sites for hydroxylation is 1. The lowest BCUT2D eigenvalue weighted by Gasteiger charge is -2.37. The van der Waals surface area contributed by atoms with Crippen molar-refractivity contribution >= 4 is 5.91 Å². The normalized spacial score (nSPS) is 23.5. The molecule has 2 fully saturated rings. The second kappa shape index (κ2) is 4.61. The monoisotopic (exact) mass is 264 g/mol. The molecule has 3 rings (SSSR count). The average molecular weight is 264 g/mol. The van der Waals surface area contributed by atoms with Crippen molar-refractivity contribution in [3.05, 3.63) is 18.2 Å². The van der Waals surface area contributed by atoms with Gasteiger partial charge in [0.25, 0.3) is 0 Å². The van der Waals surface area contributed by atoms with Gasteiger partial charge in [0.2, 0.25) is 5.91 Å². The number of aromatic nitrogens is 2. The second-order valence-electron chi connectivity index (χ2n) is 5.57. The lowest BCUT2D eigenvalue weighted by Crippen LogP contribution is -2.44. The predicted octanol–water partition coefficient (Wildman–Crippen LogP) is 0.548. The highest BCUT2D eigenvalue weighted by molar-refractivity contribution is 5.77. The highest BCUT2D eigenvalue weighted by Gasteiger charge is 2.45. The van der Waals surface area contributed by atoms with E-state index in [2.05, 4.69) is 9.88 Å². The summed E-state index contributed by atoms with van der Waals surface area (Å²) in [6.07, 6.45) is 6.14. The van der Waals surface area contributed by atoms with Gasteiger partial charge in [-0.1, -0.05) is 0 Å². The molecule has 0 unspecified atom stereocenters. The summed E-state index contributed by atoms with van der Waals surface area (Å²) >= 11 is 0. The molecule has 2 aliphatic rings. The van der Waals surface area contributed by atoms with Crippen LogP contribution in [-0.4, -0.2) is 51.2 Å². The van der Waals surface area contributed by atoms with Gasteiger partial charge < -0.3 is 4.57 Å². The number of imidazole rings is 1. The van der Waals surface area contributed by atoms with E-state index in [1.165, 1.54) is 5.06 Å². The number of piperidine rings is 1. The Balaban J connectivity index is 1.58. The van der Waals surface area contributed by atoms with Crippen molar-refractivity contribution in [2.24, 2.45) is 7.05 Å². The van der Waals surface area contributed by atoms with E-state index < -0.39 is 0 Å². The Labute approximate surface area is 112 Å². The third kappa shape index (κ3) is 2.37. The molecule has 6 heteroatoms. The summed E-state index contributed by atoms with van der Waals surface area (Å²) in [7, 11) is 3.72. The third-order valence-electron chi connectivity index (χ3n) is 4.21. The van der Waals surface area contributed by atoms with Gasteiger partial charge in [0, 0.05) is 39.6 Å². The molecule has 1 amide bonds. The summed E-state index contributed by atoms with van der Waals surface area (Å²) in [5.74, 6) is 1.18. The van der Waals surface area contributed by atoms with Crippen molar-refractivity contribution in [3.63, 3.8) is 0 Å². The molecule has 104 valence electrons. The van der Waals surface area contributed by atoms with Gasteiger partial charge in [-0.3, -0.25) is 14.5 Å². The first-order valence-corrected chi connectivity index (χ1v) is 6.72. The molecule has 0 N–H and O–H groups in total. The van der Waals surface area contributed by atoms with Crippen molar-refractivity contribution in [2.75, 3.05) is 20.1 Å². The van der Waals surface area contributed by atoms with Crippen LogP contribution in [0.25, 0.3) is 0 Å². The van der Waals surface area contributed by atoms with E-state index in [1.54, 1.807) is 7.05 Å². The molecule has 0 aliphatic carbocycles. The molecule has 1 spiro atoms. The second-order valence-corrected chi connectivity index (χ2v) is 5.57. The number of nitrogens with zero attached hydrogens (tertiary/aromatic N) is 4. The summed E-state index contributed by atoms with van der Waals surface area (Å²) < 4.78 is 2.05. The Morgan fingerprint density at radius 1 is 1.37 bits per heavy atom. The molecule has 0 aromatic carbocycles. The van der Waals surface area contributed by atoms with Crippen LogP contribution in [0.3, 0.4) is 0 Å². The number of hydroxylamine groups is 2. The lowest BCUT2D eigenvalue weighted by atomic mass is 9.88. The molecule has 0 bridgehead atoms. The zero-order valence-corrected chi connectivity index (χ0v) is 11.5. The van der Waals surface area contributed by atoms with Crippen LogP contribution < -0.4 is 0 Å². The van der Waals surface area contributed by atoms with Gasteiger partial charge in [-0.2, -0.15) is 0 Å². The van der Waals surface area contributed by atoms with Crippen LogP contribution in [0.4, 0.5) is 0 Å². The first-order valence-electron chi connectivity index (χ1n) is 6.72. The van der Waals surface area contributed by atoms with E-state index in [0.29, 0.717) is 6.42 Å². The Bertz CT molecular complexity index is 477. The van der Waals surface area contributed by atoms with Crippen LogP contribution in [0.15, 0.2) is 12.4 Å². The quantitative estimate of drug-likeness (QED) is 0.782. The van der Waals surface area contributed by atoms with E-state index >= 15 is 0 Å². The molecule has 0 atom stereocenters. The van der Waals surface area contributed by atoms with Gasteiger partial charge in [-0.25, -0.2) is 10.0 Å². The van der Waals surface area contributed by atoms with Crippen LogP contribution in [-0.2, 0) is 23.2 Å². The summed E-state index contributed by atoms with van der Waals surface area (Å²) in [6, 6.07) is 0. The summed E-state index contributed by atoms with van der Waals surface area (Å²) in [5, 5.41) is 1.40. The minimum Gasteiger partial charge on any atom is -0.337 e. The number of rotatable bonds is 2. The summed E-state index contributed by atoms with van der Waals surface area (Å²) in [6.45, 7) is 2.77. The zero-order valence-electron chi connectivity index (χ0n) is 11.5. The largest absolute Gasteiger partial charge is 0.337 e. The first-order chi connectivity index (χ1) is 9.08. The maximum atomic E-state index is 11.6. The van der Waals surface area contributed by atoms with Crippen molar-refractivity contribution in [2.45, 2.75) is 31.4 Å². The summed E-state index contributed by atoms with van der Waals surface area (Å²) in [5.41, 5.74) is -0.246. The van der Waals surface area contributed by atoms with Gasteiger partial charge in [0.15, 0.2) is 0 Å². The lowest BCUT2D eigenvalue weighted by molar-refractivity contribution is -0.199. The minimum atomic E-state index is -0.246. The molecule has 1 aromatic heterocycles. The molecule has 0 radical (unpaired) electrons. The molecule has 2 saturated heterocycles. The van der Waals surface area contributed by atoms with Crippen molar-refractivity contribution in [1.82, 2.24) is 19.5 Å². The van der Waals surface area contributed by atoms with E-state index in [1.807, 2.05) is 24.0 Å². The van der Waals surface area contributed by atoms with Gasteiger partial charge in [-0.15, -0.1) is 0 Å². The van der Waals surface area contributed by atoms with E-state index in [9.17, 15) is 4.79 Å². The predicted molar refractivity (Wildman–Crippen MR) is 68.9 cm³/mol. The zero-order chi connectivity index (χ0) is 13.5. The fraction of sp³-hybridized carbons (Fsp3) is 0.692. The molecule has 19 heavy (non-hydrogen) atoms. The van der Waals surface area contributed by atoms with Crippen molar-refractivity contribution < 1.29 is 9.63 Å². The van der Waals surface area contributed by atoms with E-state index in [-0.39, 0.29) is 11.5 Å². The fourth-order valence-electron chi connectivity index (χ4n) is 2.90. The van der Waals surface area contributed by atoms with Crippen LogP contribution in [0.5, 0.6) is 0 Å². The Morgan fingerprint density at radius 2 is 2.11 bits per heavy atom. The number of carbonyl (C=O) groups excluding carboxylic acids is 1. The van der Waals surface area contributed by atoms with Gasteiger partial charge in [-0.05, 0) is 12.8 Å². The molecular weight excluding hydrogens is 244 g/mol. The number of carbonyl (C=O) groups is 1. The minimum absolute atomic E-state index is 0.0950. The average Bonchev–Trinajstić information content (AvgIpc) is 2.89. The highest BCUT2D eigenvalue weighted by atomic mass is 16.7. The topological polar surface area (TPSA) is 50.6 Å². The highest BCUT2D eigenvalue weighted by Crippen LogP contribution is 2.35. The smallest absolute Gasteiger partial charge is 0.248 e. The number of amides is 1. The first kappa shape index (κ1) is 12.6. The molecule has 6 nitrogen and oxygen atoms in total. The molecule has 1 aromatic rings. The summed E-state index contributed by atoms with van der Waals surface area (Å²) in [4.78, 5) is 24.1. The fourth-order valence-corrected chi connectivity index (χ4v) is 2.90. The van der Waals surface area contributed by atoms with Gasteiger partial charge >= 0.3 is 0 Å². The number of hydrogen-bond acceptors (Lipinski definition) is 4. The maximum Gasteiger partial charge on any atom is 0.248 e. The molecular formula is C13H20N4O2. The SMILES string of the molecule is CN1OC2(CCN(Cc3nccn3C)CC2)CC1=O. The maximum absolute atomic E-state index is 11.6. The van der Waals surface area contributed by atoms with Crippen LogP contribution in [0, 0.1) is 0 Å². The molecule has 2 aliphatic heterocycles. The number of likely N-dealkylation sites (tertiary alicyclic amines) is 1. The van der Waals surface area contributed by atoms with E-state index in [4.69, 9.17) is 4.84 Å². The van der Waals surface area contributed by atoms with Crippen LogP contribution in [0.2, 0.25) is 0 Å². The van der Waals surface area contributed by atoms with Crippen molar-refractivity contribution in [3.8, 4) is 0 Å². The Hall–Kier alpha value is -1.40. The van der Waals surface area contributed by atoms with Gasteiger partial charge in [0.1, 0.15) is 11.4 Å². The third-order valence-corrected chi connectivity index (χ3v) is 4.21. The van der Waals surface area contributed by atoms with E-state index in [0.717, 1.165) is 38.3 Å². The van der Waals surface area contributed by atoms with Crippen LogP contribution >= 0.6 is 0 Å². The van der Waals surface area contributed by atoms with Gasteiger partial charge in [0.05, 0.1) is 13.0 Å². The molecule has 3 heterocycles. The van der Waals surface area contributed by atoms with Crippen molar-refractivity contribution in [1.29, 1.82) is 0 Å². The standard InChI is InChI=1S/C13H20N4O2/c1-15-8-5-14-11(15)10-17-6-3-13(4-7-17)9-12(18)16(2)19-13/h5,8H,3-4,6-7,9-10H2,1-2H3. The number of hydrogen-bond donors (Lipinski definition) is 0. The Morgan fingerprint density at radius 3 is 2.63 bits per heavy atom. The Kier molecular flexibility index (Phi) is 3.06. The molecule has 0 saturated carbocycles.